The Bertz CT molecular complexity index is 537. The number of carbonyl (C=O) groups excluding carboxylic acids is 3. The summed E-state index contributed by atoms with van der Waals surface area (Å²) in [4.78, 5) is 36.0. The molecule has 1 atom stereocenters. The molecule has 0 saturated carbocycles. The molecule has 1 heterocycles. The predicted molar refractivity (Wildman–Crippen MR) is 60.0 cm³/mol. The van der Waals surface area contributed by atoms with Crippen molar-refractivity contribution in [2.24, 2.45) is 5.73 Å². The lowest BCUT2D eigenvalue weighted by atomic mass is 10.1. The van der Waals surface area contributed by atoms with Crippen LogP contribution in [0.2, 0.25) is 0 Å². The number of nitrogens with two attached hydrogens (primary N) is 2. The number of anilines is 1. The van der Waals surface area contributed by atoms with Gasteiger partial charge in [0.2, 0.25) is 0 Å². The second-order valence-electron chi connectivity index (χ2n) is 3.84. The Morgan fingerprint density at radius 3 is 2.47 bits per heavy atom. The lowest BCUT2D eigenvalue weighted by molar-refractivity contribution is -0.127. The van der Waals surface area contributed by atoms with E-state index in [1.54, 1.807) is 6.07 Å². The molecule has 1 aliphatic heterocycles. The minimum atomic E-state index is -0.918. The first kappa shape index (κ1) is 11.3. The number of rotatable bonds is 1. The minimum Gasteiger partial charge on any atom is -0.398 e. The Balaban J connectivity index is 2.54. The summed E-state index contributed by atoms with van der Waals surface area (Å²) in [6.45, 7) is 1.41. The third kappa shape index (κ3) is 1.50. The van der Waals surface area contributed by atoms with E-state index in [2.05, 4.69) is 0 Å². The van der Waals surface area contributed by atoms with Gasteiger partial charge < -0.3 is 11.5 Å². The molecule has 6 nitrogen and oxygen atoms in total. The standard InChI is InChI=1S/C11H11N3O3/c1-5(12)9(15)14-10(16)6-3-2-4-7(13)8(6)11(14)17/h2-5H,12-13H2,1H3/t5-/m1/s1. The first-order valence-electron chi connectivity index (χ1n) is 5.02. The van der Waals surface area contributed by atoms with Crippen molar-refractivity contribution in [2.75, 3.05) is 5.73 Å². The number of imide groups is 3. The summed E-state index contributed by atoms with van der Waals surface area (Å²) < 4.78 is 0. The van der Waals surface area contributed by atoms with Gasteiger partial charge in [-0.05, 0) is 19.1 Å². The molecule has 0 saturated heterocycles. The van der Waals surface area contributed by atoms with Gasteiger partial charge in [0, 0.05) is 5.69 Å². The molecule has 17 heavy (non-hydrogen) atoms. The molecule has 1 aliphatic rings. The lowest BCUT2D eigenvalue weighted by Gasteiger charge is -2.13. The highest BCUT2D eigenvalue weighted by molar-refractivity contribution is 6.31. The molecule has 0 aromatic heterocycles. The van der Waals surface area contributed by atoms with E-state index in [1.165, 1.54) is 19.1 Å². The molecule has 3 amide bonds. The van der Waals surface area contributed by atoms with Crippen LogP contribution in [0.5, 0.6) is 0 Å². The molecule has 6 heteroatoms. The van der Waals surface area contributed by atoms with Crippen LogP contribution in [-0.2, 0) is 4.79 Å². The van der Waals surface area contributed by atoms with E-state index in [9.17, 15) is 14.4 Å². The second-order valence-corrected chi connectivity index (χ2v) is 3.84. The van der Waals surface area contributed by atoms with Gasteiger partial charge in [-0.15, -0.1) is 0 Å². The predicted octanol–water partition coefficient (Wildman–Crippen LogP) is -0.261. The average molecular weight is 233 g/mol. The molecule has 1 aromatic carbocycles. The highest BCUT2D eigenvalue weighted by atomic mass is 16.2. The van der Waals surface area contributed by atoms with E-state index in [0.717, 1.165) is 0 Å². The summed E-state index contributed by atoms with van der Waals surface area (Å²) in [7, 11) is 0. The fourth-order valence-corrected chi connectivity index (χ4v) is 1.72. The van der Waals surface area contributed by atoms with Gasteiger partial charge >= 0.3 is 0 Å². The molecular formula is C11H11N3O3. The number of hydrogen-bond acceptors (Lipinski definition) is 5. The molecule has 0 unspecified atom stereocenters. The first-order chi connectivity index (χ1) is 7.95. The number of hydrogen-bond donors (Lipinski definition) is 2. The van der Waals surface area contributed by atoms with Crippen LogP contribution < -0.4 is 11.5 Å². The Hall–Kier alpha value is -2.21. The fourth-order valence-electron chi connectivity index (χ4n) is 1.72. The maximum atomic E-state index is 11.9. The van der Waals surface area contributed by atoms with Crippen LogP contribution in [0.15, 0.2) is 18.2 Å². The number of benzene rings is 1. The minimum absolute atomic E-state index is 0.0755. The van der Waals surface area contributed by atoms with Crippen LogP contribution in [0.25, 0.3) is 0 Å². The smallest absolute Gasteiger partial charge is 0.270 e. The number of carbonyl (C=O) groups is 3. The zero-order chi connectivity index (χ0) is 12.7. The molecule has 0 fully saturated rings. The normalized spacial score (nSPS) is 16.0. The molecule has 1 aromatic rings. The summed E-state index contributed by atoms with van der Waals surface area (Å²) in [6.07, 6.45) is 0. The van der Waals surface area contributed by atoms with Gasteiger partial charge in [-0.25, -0.2) is 4.90 Å². The molecular weight excluding hydrogens is 222 g/mol. The Morgan fingerprint density at radius 1 is 1.29 bits per heavy atom. The third-order valence-corrected chi connectivity index (χ3v) is 2.56. The zero-order valence-electron chi connectivity index (χ0n) is 9.14. The van der Waals surface area contributed by atoms with Crippen LogP contribution >= 0.6 is 0 Å². The van der Waals surface area contributed by atoms with Crippen molar-refractivity contribution in [2.45, 2.75) is 13.0 Å². The van der Waals surface area contributed by atoms with Crippen LogP contribution in [0.4, 0.5) is 5.69 Å². The Morgan fingerprint density at radius 2 is 1.94 bits per heavy atom. The SMILES string of the molecule is C[C@@H](N)C(=O)N1C(=O)c2cccc(N)c2C1=O. The van der Waals surface area contributed by atoms with E-state index < -0.39 is 23.8 Å². The number of amides is 3. The van der Waals surface area contributed by atoms with Crippen molar-refractivity contribution in [3.8, 4) is 0 Å². The third-order valence-electron chi connectivity index (χ3n) is 2.56. The van der Waals surface area contributed by atoms with Crippen molar-refractivity contribution in [3.63, 3.8) is 0 Å². The van der Waals surface area contributed by atoms with Crippen LogP contribution in [0.1, 0.15) is 27.6 Å². The van der Waals surface area contributed by atoms with Crippen LogP contribution in [0, 0.1) is 0 Å². The zero-order valence-corrected chi connectivity index (χ0v) is 9.14. The Kier molecular flexibility index (Phi) is 2.44. The number of nitrogen functional groups attached to an aromatic ring is 1. The van der Waals surface area contributed by atoms with E-state index >= 15 is 0 Å². The topological polar surface area (TPSA) is 106 Å². The fraction of sp³-hybridized carbons (Fsp3) is 0.182. The van der Waals surface area contributed by atoms with Gasteiger partial charge in [0.05, 0.1) is 17.2 Å². The van der Waals surface area contributed by atoms with Gasteiger partial charge in [0.15, 0.2) is 0 Å². The van der Waals surface area contributed by atoms with Gasteiger partial charge in [0.1, 0.15) is 0 Å². The summed E-state index contributed by atoms with van der Waals surface area (Å²) in [6, 6.07) is 3.60. The van der Waals surface area contributed by atoms with E-state index in [4.69, 9.17) is 11.5 Å². The number of fused-ring (bicyclic) bond motifs is 1. The highest BCUT2D eigenvalue weighted by Crippen LogP contribution is 2.27. The van der Waals surface area contributed by atoms with E-state index in [1.807, 2.05) is 0 Å². The summed E-state index contributed by atoms with van der Waals surface area (Å²) >= 11 is 0. The largest absolute Gasteiger partial charge is 0.398 e. The summed E-state index contributed by atoms with van der Waals surface area (Å²) in [5.41, 5.74) is 11.4. The molecule has 88 valence electrons. The van der Waals surface area contributed by atoms with Crippen molar-refractivity contribution in [1.82, 2.24) is 4.90 Å². The van der Waals surface area contributed by atoms with Crippen LogP contribution in [-0.4, -0.2) is 28.7 Å². The molecule has 0 spiro atoms. The highest BCUT2D eigenvalue weighted by Gasteiger charge is 2.41. The molecule has 0 bridgehead atoms. The maximum Gasteiger partial charge on any atom is 0.270 e. The van der Waals surface area contributed by atoms with Gasteiger partial charge in [0.25, 0.3) is 17.7 Å². The van der Waals surface area contributed by atoms with E-state index in [-0.39, 0.29) is 16.8 Å². The van der Waals surface area contributed by atoms with Gasteiger partial charge in [-0.1, -0.05) is 6.07 Å². The average Bonchev–Trinajstić information content (AvgIpc) is 2.52. The quantitative estimate of drug-likeness (QED) is 0.513. The molecule has 0 aliphatic carbocycles. The summed E-state index contributed by atoms with van der Waals surface area (Å²) in [5.74, 6) is -2.10. The van der Waals surface area contributed by atoms with Gasteiger partial charge in [-0.3, -0.25) is 14.4 Å². The van der Waals surface area contributed by atoms with E-state index in [0.29, 0.717) is 4.90 Å². The van der Waals surface area contributed by atoms with Gasteiger partial charge in [-0.2, -0.15) is 0 Å². The first-order valence-corrected chi connectivity index (χ1v) is 5.02. The maximum absolute atomic E-state index is 11.9. The van der Waals surface area contributed by atoms with Crippen molar-refractivity contribution >= 4 is 23.4 Å². The molecule has 0 radical (unpaired) electrons. The van der Waals surface area contributed by atoms with Crippen molar-refractivity contribution in [1.29, 1.82) is 0 Å². The second kappa shape index (κ2) is 3.67. The van der Waals surface area contributed by atoms with Crippen molar-refractivity contribution < 1.29 is 14.4 Å². The van der Waals surface area contributed by atoms with Crippen LogP contribution in [0.3, 0.4) is 0 Å². The monoisotopic (exact) mass is 233 g/mol. The summed E-state index contributed by atoms with van der Waals surface area (Å²) in [5, 5.41) is 0. The number of nitrogens with zero attached hydrogens (tertiary/aromatic N) is 1. The lowest BCUT2D eigenvalue weighted by Crippen LogP contribution is -2.45. The molecule has 4 N–H and O–H groups in total. The van der Waals surface area contributed by atoms with Crippen molar-refractivity contribution in [3.05, 3.63) is 29.3 Å². The Labute approximate surface area is 97.2 Å². The molecule has 2 rings (SSSR count).